The van der Waals surface area contributed by atoms with Gasteiger partial charge in [-0.2, -0.15) is 0 Å². The minimum absolute atomic E-state index is 0.414. The Morgan fingerprint density at radius 1 is 1.25 bits per heavy atom. The van der Waals surface area contributed by atoms with E-state index in [9.17, 15) is 5.11 Å². The number of aryl methyl sites for hydroxylation is 2. The van der Waals surface area contributed by atoms with Crippen LogP contribution in [0.4, 0.5) is 0 Å². The van der Waals surface area contributed by atoms with E-state index in [-0.39, 0.29) is 0 Å². The predicted molar refractivity (Wildman–Crippen MR) is 82.5 cm³/mol. The van der Waals surface area contributed by atoms with Crippen LogP contribution in [-0.2, 0) is 12.8 Å². The first-order chi connectivity index (χ1) is 9.84. The molecule has 0 aliphatic carbocycles. The maximum absolute atomic E-state index is 10.4. The van der Waals surface area contributed by atoms with E-state index < -0.39 is 6.10 Å². The summed E-state index contributed by atoms with van der Waals surface area (Å²) in [7, 11) is 0. The first kappa shape index (κ1) is 13.7. The molecule has 0 bridgehead atoms. The molecule has 0 saturated heterocycles. The third-order valence-electron chi connectivity index (χ3n) is 3.80. The highest BCUT2D eigenvalue weighted by atomic mass is 32.1. The van der Waals surface area contributed by atoms with Crippen LogP contribution in [0.2, 0.25) is 0 Å². The van der Waals surface area contributed by atoms with Crippen LogP contribution in [0.15, 0.2) is 35.7 Å². The lowest BCUT2D eigenvalue weighted by Crippen LogP contribution is -2.12. The van der Waals surface area contributed by atoms with Crippen LogP contribution in [0.1, 0.15) is 41.4 Å². The highest BCUT2D eigenvalue weighted by Crippen LogP contribution is 2.34. The van der Waals surface area contributed by atoms with Gasteiger partial charge < -0.3 is 9.84 Å². The van der Waals surface area contributed by atoms with Gasteiger partial charge in [-0.25, -0.2) is 0 Å². The minimum Gasteiger partial charge on any atom is -0.493 e. The van der Waals surface area contributed by atoms with E-state index in [0.717, 1.165) is 50.0 Å². The number of aliphatic hydroxyl groups is 1. The van der Waals surface area contributed by atoms with Crippen LogP contribution in [-0.4, -0.2) is 11.7 Å². The molecule has 0 amide bonds. The van der Waals surface area contributed by atoms with Crippen molar-refractivity contribution in [3.63, 3.8) is 0 Å². The molecule has 1 aromatic carbocycles. The lowest BCUT2D eigenvalue weighted by Gasteiger charge is -2.22. The number of ether oxygens (including phenoxy) is 1. The van der Waals surface area contributed by atoms with E-state index >= 15 is 0 Å². The van der Waals surface area contributed by atoms with Gasteiger partial charge in [0, 0.05) is 10.4 Å². The van der Waals surface area contributed by atoms with Crippen LogP contribution in [0.5, 0.6) is 5.75 Å². The van der Waals surface area contributed by atoms with Crippen molar-refractivity contribution in [1.82, 2.24) is 0 Å². The topological polar surface area (TPSA) is 29.5 Å². The minimum atomic E-state index is -0.414. The molecule has 2 nitrogen and oxygen atoms in total. The summed E-state index contributed by atoms with van der Waals surface area (Å²) in [5, 5.41) is 12.5. The molecule has 3 rings (SSSR count). The highest BCUT2D eigenvalue weighted by molar-refractivity contribution is 7.09. The first-order valence-electron chi connectivity index (χ1n) is 7.29. The van der Waals surface area contributed by atoms with E-state index in [4.69, 9.17) is 4.74 Å². The molecule has 1 atom stereocenters. The standard InChI is InChI=1S/C17H20O2S/c18-16(10-2-7-14-8-4-12-20-14)15-9-1-5-13-6-3-11-19-17(13)15/h1,4-5,8-9,12,16,18H,2-3,6-7,10-11H2. The van der Waals surface area contributed by atoms with Crippen molar-refractivity contribution >= 4 is 11.3 Å². The summed E-state index contributed by atoms with van der Waals surface area (Å²) >= 11 is 1.79. The second-order valence-corrected chi connectivity index (χ2v) is 6.31. The Kier molecular flexibility index (Phi) is 4.38. The Morgan fingerprint density at radius 2 is 2.20 bits per heavy atom. The summed E-state index contributed by atoms with van der Waals surface area (Å²) in [4.78, 5) is 1.39. The summed E-state index contributed by atoms with van der Waals surface area (Å²) in [6.45, 7) is 0.770. The van der Waals surface area contributed by atoms with Gasteiger partial charge in [0.2, 0.25) is 0 Å². The van der Waals surface area contributed by atoms with Gasteiger partial charge in [0.15, 0.2) is 0 Å². The maximum Gasteiger partial charge on any atom is 0.128 e. The van der Waals surface area contributed by atoms with Crippen molar-refractivity contribution in [3.05, 3.63) is 51.7 Å². The Bertz CT molecular complexity index is 548. The zero-order chi connectivity index (χ0) is 13.8. The van der Waals surface area contributed by atoms with Crippen molar-refractivity contribution in [2.45, 2.75) is 38.2 Å². The van der Waals surface area contributed by atoms with E-state index in [1.165, 1.54) is 10.4 Å². The summed E-state index contributed by atoms with van der Waals surface area (Å²) in [5.41, 5.74) is 2.21. The smallest absolute Gasteiger partial charge is 0.128 e. The van der Waals surface area contributed by atoms with Gasteiger partial charge in [-0.15, -0.1) is 11.3 Å². The molecular weight excluding hydrogens is 268 g/mol. The Labute approximate surface area is 124 Å². The molecule has 1 aliphatic rings. The Morgan fingerprint density at radius 3 is 3.05 bits per heavy atom. The molecule has 1 aliphatic heterocycles. The van der Waals surface area contributed by atoms with E-state index in [0.29, 0.717) is 0 Å². The Hall–Kier alpha value is -1.32. The second kappa shape index (κ2) is 6.42. The second-order valence-electron chi connectivity index (χ2n) is 5.27. The number of fused-ring (bicyclic) bond motifs is 1. The van der Waals surface area contributed by atoms with Crippen molar-refractivity contribution in [2.75, 3.05) is 6.61 Å². The molecule has 3 heteroatoms. The predicted octanol–water partition coefficient (Wildman–Crippen LogP) is 4.13. The normalized spacial score (nSPS) is 15.4. The largest absolute Gasteiger partial charge is 0.493 e. The molecule has 20 heavy (non-hydrogen) atoms. The van der Waals surface area contributed by atoms with Crippen molar-refractivity contribution < 1.29 is 9.84 Å². The van der Waals surface area contributed by atoms with Crippen LogP contribution in [0.25, 0.3) is 0 Å². The SMILES string of the molecule is OC(CCCc1cccs1)c1cccc2c1OCCC2. The molecule has 1 aromatic heterocycles. The van der Waals surface area contributed by atoms with Crippen molar-refractivity contribution in [3.8, 4) is 5.75 Å². The fourth-order valence-electron chi connectivity index (χ4n) is 2.76. The zero-order valence-corrected chi connectivity index (χ0v) is 12.4. The quantitative estimate of drug-likeness (QED) is 0.896. The average molecular weight is 288 g/mol. The van der Waals surface area contributed by atoms with Gasteiger partial charge in [-0.3, -0.25) is 0 Å². The third-order valence-corrected chi connectivity index (χ3v) is 4.74. The molecule has 0 saturated carbocycles. The number of hydrogen-bond donors (Lipinski definition) is 1. The van der Waals surface area contributed by atoms with Gasteiger partial charge in [-0.1, -0.05) is 24.3 Å². The molecule has 0 fully saturated rings. The van der Waals surface area contributed by atoms with Gasteiger partial charge >= 0.3 is 0 Å². The Balaban J connectivity index is 1.63. The third kappa shape index (κ3) is 3.05. The van der Waals surface area contributed by atoms with E-state index in [1.54, 1.807) is 11.3 Å². The molecule has 0 spiro atoms. The highest BCUT2D eigenvalue weighted by Gasteiger charge is 2.19. The van der Waals surface area contributed by atoms with Gasteiger partial charge in [0.1, 0.15) is 5.75 Å². The van der Waals surface area contributed by atoms with Crippen molar-refractivity contribution in [2.24, 2.45) is 0 Å². The summed E-state index contributed by atoms with van der Waals surface area (Å²) in [5.74, 6) is 0.933. The maximum atomic E-state index is 10.4. The molecule has 1 unspecified atom stereocenters. The molecule has 0 radical (unpaired) electrons. The molecule has 106 valence electrons. The zero-order valence-electron chi connectivity index (χ0n) is 11.5. The van der Waals surface area contributed by atoms with E-state index in [2.05, 4.69) is 23.6 Å². The number of hydrogen-bond acceptors (Lipinski definition) is 3. The fraction of sp³-hybridized carbons (Fsp3) is 0.412. The van der Waals surface area contributed by atoms with Gasteiger partial charge in [0.25, 0.3) is 0 Å². The van der Waals surface area contributed by atoms with Crippen LogP contribution >= 0.6 is 11.3 Å². The number of para-hydroxylation sites is 1. The number of aliphatic hydroxyl groups excluding tert-OH is 1. The van der Waals surface area contributed by atoms with Crippen LogP contribution < -0.4 is 4.74 Å². The van der Waals surface area contributed by atoms with Crippen molar-refractivity contribution in [1.29, 1.82) is 0 Å². The number of thiophene rings is 1. The lowest BCUT2D eigenvalue weighted by atomic mass is 9.97. The average Bonchev–Trinajstić information content (AvgIpc) is 3.00. The summed E-state index contributed by atoms with van der Waals surface area (Å²) in [6.07, 6.45) is 4.56. The monoisotopic (exact) mass is 288 g/mol. The van der Waals surface area contributed by atoms with Crippen LogP contribution in [0.3, 0.4) is 0 Å². The number of rotatable bonds is 5. The molecule has 2 heterocycles. The molecule has 2 aromatic rings. The molecule has 1 N–H and O–H groups in total. The van der Waals surface area contributed by atoms with Crippen LogP contribution in [0, 0.1) is 0 Å². The van der Waals surface area contributed by atoms with Gasteiger partial charge in [0.05, 0.1) is 12.7 Å². The fourth-order valence-corrected chi connectivity index (χ4v) is 3.51. The lowest BCUT2D eigenvalue weighted by molar-refractivity contribution is 0.157. The summed E-state index contributed by atoms with van der Waals surface area (Å²) in [6, 6.07) is 10.4. The van der Waals surface area contributed by atoms with E-state index in [1.807, 2.05) is 12.1 Å². The molecular formula is C17H20O2S. The first-order valence-corrected chi connectivity index (χ1v) is 8.17. The van der Waals surface area contributed by atoms with Gasteiger partial charge in [-0.05, 0) is 49.1 Å². The number of benzene rings is 1. The summed E-state index contributed by atoms with van der Waals surface area (Å²) < 4.78 is 5.77.